The van der Waals surface area contributed by atoms with E-state index >= 15 is 0 Å². The van der Waals surface area contributed by atoms with Gasteiger partial charge in [0.2, 0.25) is 0 Å². The topological polar surface area (TPSA) is 72.6 Å². The molecule has 3 heterocycles. The van der Waals surface area contributed by atoms with Crippen LogP contribution in [0.2, 0.25) is 0 Å². The molecule has 2 aliphatic heterocycles. The van der Waals surface area contributed by atoms with Gasteiger partial charge in [-0.25, -0.2) is 0 Å². The Morgan fingerprint density at radius 1 is 1.11 bits per heavy atom. The molecule has 0 bridgehead atoms. The fraction of sp³-hybridized carbons (Fsp3) is 0.429. The van der Waals surface area contributed by atoms with Crippen molar-refractivity contribution in [2.45, 2.75) is 46.7 Å². The SMILES string of the molecule is CCCCn1c(N2CCN(Cc3ccccc3)CC2)c(/C=C2/SC(=S)N(CC)C2=O)c(C)c(C#N)c1=O. The number of aromatic nitrogens is 1. The first kappa shape index (κ1) is 27.1. The van der Waals surface area contributed by atoms with Crippen molar-refractivity contribution in [3.63, 3.8) is 0 Å². The van der Waals surface area contributed by atoms with Crippen molar-refractivity contribution in [3.8, 4) is 6.07 Å². The van der Waals surface area contributed by atoms with E-state index in [9.17, 15) is 14.9 Å². The van der Waals surface area contributed by atoms with Crippen molar-refractivity contribution in [2.75, 3.05) is 37.6 Å². The highest BCUT2D eigenvalue weighted by Crippen LogP contribution is 2.36. The van der Waals surface area contributed by atoms with E-state index in [-0.39, 0.29) is 17.0 Å². The normalized spacial score (nSPS) is 17.6. The molecule has 0 N–H and O–H groups in total. The van der Waals surface area contributed by atoms with Crippen LogP contribution in [0.15, 0.2) is 40.0 Å². The van der Waals surface area contributed by atoms with E-state index in [1.165, 1.54) is 17.3 Å². The molecule has 9 heteroatoms. The Morgan fingerprint density at radius 2 is 1.81 bits per heavy atom. The van der Waals surface area contributed by atoms with Crippen molar-refractivity contribution in [1.29, 1.82) is 5.26 Å². The number of carbonyl (C=O) groups excluding carboxylic acids is 1. The Balaban J connectivity index is 1.75. The number of thiocarbonyl (C=S) groups is 1. The molecular formula is C28H33N5O2S2. The summed E-state index contributed by atoms with van der Waals surface area (Å²) < 4.78 is 2.29. The Kier molecular flexibility index (Phi) is 8.85. The predicted molar refractivity (Wildman–Crippen MR) is 155 cm³/mol. The number of anilines is 1. The quantitative estimate of drug-likeness (QED) is 0.367. The molecule has 2 fully saturated rings. The number of piperazine rings is 1. The number of hydrogen-bond donors (Lipinski definition) is 0. The highest BCUT2D eigenvalue weighted by Gasteiger charge is 2.32. The standard InChI is InChI=1S/C28H33N5O2S2/c1-4-6-12-33-25(31-15-13-30(14-16-31)19-21-10-8-7-9-11-21)22(20(3)23(18-29)26(33)34)17-24-27(35)32(5-2)28(36)37-24/h7-11,17H,4-6,12-16,19H2,1-3H3/b24-17+. The third-order valence-electron chi connectivity index (χ3n) is 6.97. The van der Waals surface area contributed by atoms with Crippen molar-refractivity contribution < 1.29 is 4.79 Å². The van der Waals surface area contributed by atoms with Crippen LogP contribution in [0.1, 0.15) is 48.9 Å². The lowest BCUT2D eigenvalue weighted by molar-refractivity contribution is -0.121. The zero-order valence-corrected chi connectivity index (χ0v) is 23.3. The van der Waals surface area contributed by atoms with Crippen molar-refractivity contribution in [1.82, 2.24) is 14.4 Å². The van der Waals surface area contributed by atoms with Gasteiger partial charge in [-0.05, 0) is 37.5 Å². The van der Waals surface area contributed by atoms with E-state index in [4.69, 9.17) is 12.2 Å². The molecule has 2 saturated heterocycles. The van der Waals surface area contributed by atoms with Gasteiger partial charge in [0.05, 0.1) is 4.91 Å². The lowest BCUT2D eigenvalue weighted by atomic mass is 10.0. The molecule has 0 aliphatic carbocycles. The minimum absolute atomic E-state index is 0.125. The Labute approximate surface area is 228 Å². The summed E-state index contributed by atoms with van der Waals surface area (Å²) in [6.07, 6.45) is 3.60. The number of carbonyl (C=O) groups is 1. The molecule has 1 amide bonds. The summed E-state index contributed by atoms with van der Waals surface area (Å²) in [7, 11) is 0. The van der Waals surface area contributed by atoms with Crippen molar-refractivity contribution >= 4 is 46.1 Å². The van der Waals surface area contributed by atoms with Gasteiger partial charge < -0.3 is 4.90 Å². The maximum atomic E-state index is 13.5. The van der Waals surface area contributed by atoms with Gasteiger partial charge in [0, 0.05) is 51.4 Å². The second kappa shape index (κ2) is 12.1. The van der Waals surface area contributed by atoms with E-state index in [1.807, 2.05) is 26.0 Å². The second-order valence-electron chi connectivity index (χ2n) is 9.33. The minimum atomic E-state index is -0.256. The van der Waals surface area contributed by atoms with Crippen LogP contribution in [0.25, 0.3) is 6.08 Å². The Hall–Kier alpha value is -2.93. The summed E-state index contributed by atoms with van der Waals surface area (Å²) in [6, 6.07) is 12.6. The monoisotopic (exact) mass is 535 g/mol. The number of rotatable bonds is 8. The zero-order valence-electron chi connectivity index (χ0n) is 21.7. The molecule has 0 atom stereocenters. The smallest absolute Gasteiger partial charge is 0.270 e. The number of unbranched alkanes of at least 4 members (excludes halogenated alkanes) is 1. The molecule has 2 aromatic rings. The number of nitriles is 1. The zero-order chi connectivity index (χ0) is 26.5. The van der Waals surface area contributed by atoms with E-state index in [1.54, 1.807) is 9.47 Å². The van der Waals surface area contributed by atoms with E-state index in [0.29, 0.717) is 27.9 Å². The van der Waals surface area contributed by atoms with Gasteiger partial charge in [0.1, 0.15) is 21.8 Å². The van der Waals surface area contributed by atoms with Crippen LogP contribution < -0.4 is 10.5 Å². The van der Waals surface area contributed by atoms with Crippen LogP contribution in [0.4, 0.5) is 5.82 Å². The molecule has 4 rings (SSSR count). The third kappa shape index (κ3) is 5.66. The first-order chi connectivity index (χ1) is 17.9. The number of amides is 1. The van der Waals surface area contributed by atoms with Gasteiger partial charge in [0.15, 0.2) is 0 Å². The van der Waals surface area contributed by atoms with Crippen molar-refractivity contribution in [2.24, 2.45) is 0 Å². The van der Waals surface area contributed by atoms with Gasteiger partial charge in [0.25, 0.3) is 11.5 Å². The molecule has 0 spiro atoms. The number of thioether (sulfide) groups is 1. The lowest BCUT2D eigenvalue weighted by Gasteiger charge is -2.38. The Bertz CT molecular complexity index is 1300. The molecule has 1 aromatic carbocycles. The first-order valence-corrected chi connectivity index (χ1v) is 14.1. The number of nitrogens with zero attached hydrogens (tertiary/aromatic N) is 5. The highest BCUT2D eigenvalue weighted by atomic mass is 32.2. The van der Waals surface area contributed by atoms with Crippen LogP contribution in [0.3, 0.4) is 0 Å². The van der Waals surface area contributed by atoms with Gasteiger partial charge in [-0.15, -0.1) is 0 Å². The van der Waals surface area contributed by atoms with Gasteiger partial charge in [-0.1, -0.05) is 67.7 Å². The van der Waals surface area contributed by atoms with E-state index in [0.717, 1.165) is 56.9 Å². The summed E-state index contributed by atoms with van der Waals surface area (Å²) in [5, 5.41) is 9.88. The molecule has 7 nitrogen and oxygen atoms in total. The molecule has 2 aliphatic rings. The average Bonchev–Trinajstić information content (AvgIpc) is 3.18. The fourth-order valence-corrected chi connectivity index (χ4v) is 6.24. The fourth-order valence-electron chi connectivity index (χ4n) is 4.87. The highest BCUT2D eigenvalue weighted by molar-refractivity contribution is 8.26. The lowest BCUT2D eigenvalue weighted by Crippen LogP contribution is -2.48. The molecule has 0 unspecified atom stereocenters. The number of likely N-dealkylation sites (N-methyl/N-ethyl adjacent to an activating group) is 1. The number of benzene rings is 1. The first-order valence-electron chi connectivity index (χ1n) is 12.8. The maximum Gasteiger partial charge on any atom is 0.270 e. The van der Waals surface area contributed by atoms with Gasteiger partial charge in [-0.3, -0.25) is 24.0 Å². The average molecular weight is 536 g/mol. The van der Waals surface area contributed by atoms with E-state index < -0.39 is 0 Å². The molecule has 194 valence electrons. The van der Waals surface area contributed by atoms with Gasteiger partial charge >= 0.3 is 0 Å². The summed E-state index contributed by atoms with van der Waals surface area (Å²) in [5.41, 5.74) is 2.54. The maximum absolute atomic E-state index is 13.5. The number of pyridine rings is 1. The molecule has 0 saturated carbocycles. The largest absolute Gasteiger partial charge is 0.355 e. The van der Waals surface area contributed by atoms with Crippen LogP contribution in [0, 0.1) is 18.3 Å². The van der Waals surface area contributed by atoms with E-state index in [2.05, 4.69) is 47.1 Å². The summed E-state index contributed by atoms with van der Waals surface area (Å²) in [6.45, 7) is 10.9. The second-order valence-corrected chi connectivity index (χ2v) is 11.0. The molecule has 37 heavy (non-hydrogen) atoms. The van der Waals surface area contributed by atoms with Gasteiger partial charge in [-0.2, -0.15) is 5.26 Å². The molecule has 0 radical (unpaired) electrons. The van der Waals surface area contributed by atoms with Crippen LogP contribution >= 0.6 is 24.0 Å². The summed E-state index contributed by atoms with van der Waals surface area (Å²) in [5.74, 6) is 0.677. The Morgan fingerprint density at radius 3 is 2.41 bits per heavy atom. The number of hydrogen-bond acceptors (Lipinski definition) is 7. The molecular weight excluding hydrogens is 502 g/mol. The molecule has 1 aromatic heterocycles. The van der Waals surface area contributed by atoms with Crippen LogP contribution in [-0.2, 0) is 17.9 Å². The minimum Gasteiger partial charge on any atom is -0.355 e. The van der Waals surface area contributed by atoms with Crippen LogP contribution in [-0.4, -0.2) is 57.3 Å². The third-order valence-corrected chi connectivity index (χ3v) is 8.35. The summed E-state index contributed by atoms with van der Waals surface area (Å²) in [4.78, 5) is 33.3. The van der Waals surface area contributed by atoms with Crippen LogP contribution in [0.5, 0.6) is 0 Å². The summed E-state index contributed by atoms with van der Waals surface area (Å²) >= 11 is 6.70. The van der Waals surface area contributed by atoms with Crippen molar-refractivity contribution in [3.05, 3.63) is 67.8 Å². The predicted octanol–water partition coefficient (Wildman–Crippen LogP) is 4.37.